The van der Waals surface area contributed by atoms with Crippen LogP contribution in [-0.4, -0.2) is 40.1 Å². The van der Waals surface area contributed by atoms with Gasteiger partial charge in [0.1, 0.15) is 5.75 Å². The topological polar surface area (TPSA) is 76.4 Å². The van der Waals surface area contributed by atoms with Crippen molar-refractivity contribution in [2.45, 2.75) is 51.2 Å². The fourth-order valence-corrected chi connectivity index (χ4v) is 4.85. The average molecular weight is 520 g/mol. The highest BCUT2D eigenvalue weighted by molar-refractivity contribution is 6.35. The van der Waals surface area contributed by atoms with E-state index in [9.17, 15) is 14.3 Å². The summed E-state index contributed by atoms with van der Waals surface area (Å²) >= 11 is 12.6. The Morgan fingerprint density at radius 2 is 1.89 bits per heavy atom. The molecule has 0 atom stereocenters. The molecule has 1 amide bonds. The number of amides is 1. The molecule has 1 aliphatic carbocycles. The van der Waals surface area contributed by atoms with Crippen LogP contribution in [0.25, 0.3) is 16.9 Å². The molecular weight excluding hydrogens is 492 g/mol. The maximum absolute atomic E-state index is 13.3. The van der Waals surface area contributed by atoms with Crippen molar-refractivity contribution in [3.05, 3.63) is 63.8 Å². The molecule has 2 aromatic carbocycles. The van der Waals surface area contributed by atoms with E-state index in [1.54, 1.807) is 35.0 Å². The van der Waals surface area contributed by atoms with E-state index in [0.29, 0.717) is 44.7 Å². The van der Waals surface area contributed by atoms with Crippen molar-refractivity contribution in [1.29, 1.82) is 0 Å². The summed E-state index contributed by atoms with van der Waals surface area (Å²) in [6, 6.07) is 12.3. The molecule has 3 aromatic rings. The minimum atomic E-state index is -0.440. The molecule has 0 aliphatic heterocycles. The predicted octanol–water partition coefficient (Wildman–Crippen LogP) is 6.14. The monoisotopic (exact) mass is 519 g/mol. The number of benzene rings is 2. The summed E-state index contributed by atoms with van der Waals surface area (Å²) < 4.78 is 19.5. The zero-order valence-corrected chi connectivity index (χ0v) is 20.8. The van der Waals surface area contributed by atoms with E-state index in [1.807, 2.05) is 12.1 Å². The number of nitrogens with zero attached hydrogens (tertiary/aromatic N) is 2. The van der Waals surface area contributed by atoms with Crippen molar-refractivity contribution in [1.82, 2.24) is 15.1 Å². The van der Waals surface area contributed by atoms with Gasteiger partial charge < -0.3 is 15.2 Å². The van der Waals surface area contributed by atoms with Gasteiger partial charge in [-0.3, -0.25) is 9.18 Å². The third-order valence-electron chi connectivity index (χ3n) is 6.11. The molecule has 1 saturated carbocycles. The Balaban J connectivity index is 1.76. The Labute approximate surface area is 214 Å². The van der Waals surface area contributed by atoms with Gasteiger partial charge in [0.15, 0.2) is 5.69 Å². The van der Waals surface area contributed by atoms with Gasteiger partial charge in [0.05, 0.1) is 36.3 Å². The smallest absolute Gasteiger partial charge is 0.272 e. The Hall–Kier alpha value is -2.61. The number of nitrogens with one attached hydrogen (secondary N) is 1. The molecule has 1 fully saturated rings. The van der Waals surface area contributed by atoms with Gasteiger partial charge in [0, 0.05) is 28.6 Å². The predicted molar refractivity (Wildman–Crippen MR) is 135 cm³/mol. The number of hydrogen-bond acceptors (Lipinski definition) is 4. The van der Waals surface area contributed by atoms with Crippen molar-refractivity contribution in [3.63, 3.8) is 0 Å². The first-order chi connectivity index (χ1) is 17.0. The van der Waals surface area contributed by atoms with E-state index in [4.69, 9.17) is 27.9 Å². The van der Waals surface area contributed by atoms with E-state index < -0.39 is 6.67 Å². The number of hydrogen-bond donors (Lipinski definition) is 2. The summed E-state index contributed by atoms with van der Waals surface area (Å²) in [5.74, 6) is 0.274. The largest absolute Gasteiger partial charge is 0.493 e. The lowest BCUT2D eigenvalue weighted by Crippen LogP contribution is -2.36. The minimum Gasteiger partial charge on any atom is -0.493 e. The van der Waals surface area contributed by atoms with E-state index in [1.165, 1.54) is 6.42 Å². The highest BCUT2D eigenvalue weighted by atomic mass is 35.5. The van der Waals surface area contributed by atoms with Gasteiger partial charge in [0.25, 0.3) is 5.91 Å². The second kappa shape index (κ2) is 11.9. The molecule has 6 nitrogen and oxygen atoms in total. The van der Waals surface area contributed by atoms with E-state index in [2.05, 4.69) is 10.4 Å². The van der Waals surface area contributed by atoms with Gasteiger partial charge in [0.2, 0.25) is 0 Å². The van der Waals surface area contributed by atoms with Crippen LogP contribution in [0.3, 0.4) is 0 Å². The zero-order valence-electron chi connectivity index (χ0n) is 19.3. The molecule has 0 unspecified atom stereocenters. The third kappa shape index (κ3) is 5.97. The summed E-state index contributed by atoms with van der Waals surface area (Å²) in [5, 5.41) is 18.9. The van der Waals surface area contributed by atoms with Crippen LogP contribution in [0.4, 0.5) is 4.39 Å². The lowest BCUT2D eigenvalue weighted by Gasteiger charge is -2.22. The first kappa shape index (κ1) is 25.5. The van der Waals surface area contributed by atoms with E-state index >= 15 is 0 Å². The van der Waals surface area contributed by atoms with Crippen molar-refractivity contribution in [2.24, 2.45) is 0 Å². The summed E-state index contributed by atoms with van der Waals surface area (Å²) in [5.41, 5.74) is 2.33. The molecule has 0 radical (unpaired) electrons. The summed E-state index contributed by atoms with van der Waals surface area (Å²) in [6.45, 7) is -0.547. The van der Waals surface area contributed by atoms with Gasteiger partial charge in [-0.2, -0.15) is 5.10 Å². The third-order valence-corrected chi connectivity index (χ3v) is 6.65. The molecule has 0 saturated heterocycles. The van der Waals surface area contributed by atoms with Crippen LogP contribution < -0.4 is 10.1 Å². The van der Waals surface area contributed by atoms with Crippen LogP contribution >= 0.6 is 23.2 Å². The lowest BCUT2D eigenvalue weighted by molar-refractivity contribution is 0.0919. The Morgan fingerprint density at radius 3 is 2.54 bits per heavy atom. The fourth-order valence-electron chi connectivity index (χ4n) is 4.36. The summed E-state index contributed by atoms with van der Waals surface area (Å²) in [7, 11) is 0. The number of aromatic nitrogens is 2. The summed E-state index contributed by atoms with van der Waals surface area (Å²) in [4.78, 5) is 13.3. The molecule has 186 valence electrons. The Kier molecular flexibility index (Phi) is 8.65. The van der Waals surface area contributed by atoms with Crippen LogP contribution in [0.15, 0.2) is 42.5 Å². The molecule has 2 N–H and O–H groups in total. The summed E-state index contributed by atoms with van der Waals surface area (Å²) in [6.07, 6.45) is 5.52. The first-order valence-corrected chi connectivity index (χ1v) is 12.6. The van der Waals surface area contributed by atoms with Crippen molar-refractivity contribution < 1.29 is 19.0 Å². The number of alkyl halides is 1. The normalized spacial score (nSPS) is 14.2. The quantitative estimate of drug-likeness (QED) is 0.333. The van der Waals surface area contributed by atoms with Gasteiger partial charge in [-0.25, -0.2) is 4.68 Å². The minimum absolute atomic E-state index is 0.0938. The molecule has 9 heteroatoms. The molecule has 4 rings (SSSR count). The Morgan fingerprint density at radius 1 is 1.14 bits per heavy atom. The molecule has 1 aromatic heterocycles. The number of aliphatic hydroxyl groups excluding tert-OH is 1. The van der Waals surface area contributed by atoms with Gasteiger partial charge in [-0.15, -0.1) is 0 Å². The van der Waals surface area contributed by atoms with Gasteiger partial charge >= 0.3 is 0 Å². The van der Waals surface area contributed by atoms with E-state index in [-0.39, 0.29) is 30.9 Å². The molecular formula is C26H28Cl2FN3O3. The Bertz CT molecular complexity index is 1160. The lowest BCUT2D eigenvalue weighted by atomic mass is 9.95. The molecule has 1 heterocycles. The standard InChI is InChI=1S/C26H28Cl2FN3O3/c27-18-9-12-23(22(28)15-18)32-25(17-7-10-20(11-8-17)35-14-4-13-29)21(16-33)24(31-32)26(34)30-19-5-2-1-3-6-19/h7-12,15,19,33H,1-6,13-14,16H2,(H,30,34). The number of rotatable bonds is 9. The first-order valence-electron chi connectivity index (χ1n) is 11.8. The van der Waals surface area contributed by atoms with Crippen LogP contribution in [0.2, 0.25) is 10.0 Å². The highest BCUT2D eigenvalue weighted by Gasteiger charge is 2.27. The molecule has 1 aliphatic rings. The molecule has 35 heavy (non-hydrogen) atoms. The number of aliphatic hydroxyl groups is 1. The SMILES string of the molecule is O=C(NC1CCCCC1)c1nn(-c2ccc(Cl)cc2Cl)c(-c2ccc(OCCCF)cc2)c1CO. The number of carbonyl (C=O) groups is 1. The molecule has 0 bridgehead atoms. The number of ether oxygens (including phenoxy) is 1. The van der Waals surface area contributed by atoms with E-state index in [0.717, 1.165) is 25.7 Å². The van der Waals surface area contributed by atoms with Crippen molar-refractivity contribution in [2.75, 3.05) is 13.3 Å². The van der Waals surface area contributed by atoms with Crippen molar-refractivity contribution >= 4 is 29.1 Å². The van der Waals surface area contributed by atoms with Gasteiger partial charge in [-0.1, -0.05) is 42.5 Å². The second-order valence-electron chi connectivity index (χ2n) is 8.57. The van der Waals surface area contributed by atoms with Crippen LogP contribution in [0.5, 0.6) is 5.75 Å². The second-order valence-corrected chi connectivity index (χ2v) is 9.41. The highest BCUT2D eigenvalue weighted by Crippen LogP contribution is 2.34. The van der Waals surface area contributed by atoms with Crippen LogP contribution in [-0.2, 0) is 6.61 Å². The van der Waals surface area contributed by atoms with Crippen LogP contribution in [0, 0.1) is 0 Å². The van der Waals surface area contributed by atoms with Crippen LogP contribution in [0.1, 0.15) is 54.6 Å². The van der Waals surface area contributed by atoms with Gasteiger partial charge in [-0.05, 0) is 55.3 Å². The average Bonchev–Trinajstić information content (AvgIpc) is 3.25. The molecule has 0 spiro atoms. The fraction of sp³-hybridized carbons (Fsp3) is 0.385. The maximum atomic E-state index is 13.3. The maximum Gasteiger partial charge on any atom is 0.272 e. The van der Waals surface area contributed by atoms with Crippen molar-refractivity contribution in [3.8, 4) is 22.7 Å². The number of carbonyl (C=O) groups excluding carboxylic acids is 1. The number of halogens is 3. The zero-order chi connectivity index (χ0) is 24.8.